The summed E-state index contributed by atoms with van der Waals surface area (Å²) in [5.74, 6) is 0. The Morgan fingerprint density at radius 3 is 2.20 bits per heavy atom. The van der Waals surface area contributed by atoms with E-state index in [4.69, 9.17) is 13.0 Å². The number of hydrogen-bond acceptors (Lipinski definition) is 4. The molecule has 1 heterocycles. The first-order valence-electron chi connectivity index (χ1n) is 10.5. The molecule has 0 spiro atoms. The summed E-state index contributed by atoms with van der Waals surface area (Å²) in [6.07, 6.45) is 0. The number of rotatable bonds is 7. The van der Waals surface area contributed by atoms with Crippen molar-refractivity contribution in [2.75, 3.05) is 18.5 Å². The highest BCUT2D eigenvalue weighted by molar-refractivity contribution is 6.14. The lowest BCUT2D eigenvalue weighted by atomic mass is 10.0. The SMILES string of the molecule is [B]N(CC)CN[C@H]1c2cccc(N=C(c3ccccc3)c3ccccc3)c2N[C@H]1C. The second-order valence-electron chi connectivity index (χ2n) is 7.61. The summed E-state index contributed by atoms with van der Waals surface area (Å²) in [4.78, 5) is 6.92. The maximum Gasteiger partial charge on any atom is 0.184 e. The molecule has 0 bridgehead atoms. The summed E-state index contributed by atoms with van der Waals surface area (Å²) in [6, 6.07) is 27.5. The Bertz CT molecular complexity index is 963. The van der Waals surface area contributed by atoms with E-state index in [1.807, 2.05) is 19.1 Å². The highest BCUT2D eigenvalue weighted by atomic mass is 15.2. The van der Waals surface area contributed by atoms with Gasteiger partial charge in [0, 0.05) is 23.8 Å². The fourth-order valence-electron chi connectivity index (χ4n) is 3.87. The van der Waals surface area contributed by atoms with Crippen LogP contribution < -0.4 is 10.6 Å². The molecule has 0 saturated heterocycles. The van der Waals surface area contributed by atoms with Crippen LogP contribution in [0.15, 0.2) is 83.9 Å². The van der Waals surface area contributed by atoms with Crippen LogP contribution in [0.2, 0.25) is 0 Å². The molecule has 3 aromatic rings. The van der Waals surface area contributed by atoms with Crippen molar-refractivity contribution in [2.24, 2.45) is 4.99 Å². The summed E-state index contributed by atoms with van der Waals surface area (Å²) in [7, 11) is 5.97. The van der Waals surface area contributed by atoms with Crippen LogP contribution in [0.1, 0.15) is 36.6 Å². The first-order chi connectivity index (χ1) is 14.7. The zero-order chi connectivity index (χ0) is 20.9. The van der Waals surface area contributed by atoms with Gasteiger partial charge in [0.15, 0.2) is 7.98 Å². The van der Waals surface area contributed by atoms with Crippen LogP contribution in [0, 0.1) is 0 Å². The minimum absolute atomic E-state index is 0.185. The van der Waals surface area contributed by atoms with Gasteiger partial charge in [-0.25, -0.2) is 4.99 Å². The normalized spacial score (nSPS) is 17.4. The summed E-state index contributed by atoms with van der Waals surface area (Å²) in [6.45, 7) is 5.68. The number of hydrogen-bond donors (Lipinski definition) is 2. The van der Waals surface area contributed by atoms with Crippen molar-refractivity contribution in [1.29, 1.82) is 0 Å². The van der Waals surface area contributed by atoms with Gasteiger partial charge in [-0.1, -0.05) is 79.7 Å². The second-order valence-corrected chi connectivity index (χ2v) is 7.61. The van der Waals surface area contributed by atoms with Gasteiger partial charge in [0.2, 0.25) is 0 Å². The molecule has 1 aliphatic rings. The third kappa shape index (κ3) is 4.32. The molecule has 5 heteroatoms. The first kappa shape index (κ1) is 20.4. The standard InChI is InChI=1S/C25H27BN4/c1-3-30(26)17-27-23-18(2)28-25-21(23)15-10-16-22(25)29-24(19-11-6-4-7-12-19)20-13-8-5-9-14-20/h4-16,18,23,27-28H,3,17H2,1-2H3/t18-,23+/m0/s1. The Kier molecular flexibility index (Phi) is 6.31. The van der Waals surface area contributed by atoms with Crippen LogP contribution in [0.4, 0.5) is 11.4 Å². The third-order valence-corrected chi connectivity index (χ3v) is 5.53. The number of benzene rings is 3. The molecule has 0 aromatic heterocycles. The molecule has 1 aliphatic heterocycles. The first-order valence-corrected chi connectivity index (χ1v) is 10.5. The molecular weight excluding hydrogens is 367 g/mol. The zero-order valence-corrected chi connectivity index (χ0v) is 17.5. The molecule has 3 aromatic carbocycles. The Hall–Kier alpha value is -2.89. The average molecular weight is 394 g/mol. The van der Waals surface area contributed by atoms with Crippen molar-refractivity contribution in [3.05, 3.63) is 95.6 Å². The van der Waals surface area contributed by atoms with Crippen molar-refractivity contribution in [3.63, 3.8) is 0 Å². The van der Waals surface area contributed by atoms with Crippen molar-refractivity contribution < 1.29 is 0 Å². The lowest BCUT2D eigenvalue weighted by molar-refractivity contribution is 0.378. The lowest BCUT2D eigenvalue weighted by Crippen LogP contribution is -2.38. The zero-order valence-electron chi connectivity index (χ0n) is 17.5. The Morgan fingerprint density at radius 2 is 1.60 bits per heavy atom. The Morgan fingerprint density at radius 1 is 0.967 bits per heavy atom. The molecule has 150 valence electrons. The predicted molar refractivity (Wildman–Crippen MR) is 127 cm³/mol. The monoisotopic (exact) mass is 394 g/mol. The van der Waals surface area contributed by atoms with Crippen LogP contribution in [0.25, 0.3) is 0 Å². The molecule has 0 aliphatic carbocycles. The number of aliphatic imine (C=N–C) groups is 1. The lowest BCUT2D eigenvalue weighted by Gasteiger charge is -2.22. The molecule has 4 nitrogen and oxygen atoms in total. The van der Waals surface area contributed by atoms with Crippen molar-refractivity contribution >= 4 is 25.1 Å². The van der Waals surface area contributed by atoms with Gasteiger partial charge in [-0.2, -0.15) is 0 Å². The van der Waals surface area contributed by atoms with Crippen LogP contribution in [0.5, 0.6) is 0 Å². The summed E-state index contributed by atoms with van der Waals surface area (Å²) in [5, 5.41) is 7.21. The van der Waals surface area contributed by atoms with E-state index in [2.05, 4.69) is 84.3 Å². The van der Waals surface area contributed by atoms with E-state index in [-0.39, 0.29) is 12.1 Å². The number of fused-ring (bicyclic) bond motifs is 1. The third-order valence-electron chi connectivity index (χ3n) is 5.53. The van der Waals surface area contributed by atoms with E-state index in [1.54, 1.807) is 4.81 Å². The quantitative estimate of drug-likeness (QED) is 0.348. The molecule has 0 unspecified atom stereocenters. The van der Waals surface area contributed by atoms with Gasteiger partial charge in [0.05, 0.1) is 23.1 Å². The molecule has 0 amide bonds. The van der Waals surface area contributed by atoms with Gasteiger partial charge in [-0.3, -0.25) is 5.32 Å². The fraction of sp³-hybridized carbons (Fsp3) is 0.240. The molecular formula is C25H27BN4. The number of nitrogens with zero attached hydrogens (tertiary/aromatic N) is 2. The number of para-hydroxylation sites is 1. The van der Waals surface area contributed by atoms with E-state index in [1.165, 1.54) is 5.56 Å². The maximum atomic E-state index is 5.97. The summed E-state index contributed by atoms with van der Waals surface area (Å²) < 4.78 is 0. The summed E-state index contributed by atoms with van der Waals surface area (Å²) in [5.41, 5.74) is 6.44. The van der Waals surface area contributed by atoms with E-state index in [0.29, 0.717) is 6.67 Å². The summed E-state index contributed by atoms with van der Waals surface area (Å²) >= 11 is 0. The molecule has 4 rings (SSSR count). The van der Waals surface area contributed by atoms with Gasteiger partial charge in [0.25, 0.3) is 0 Å². The topological polar surface area (TPSA) is 39.7 Å². The second kappa shape index (κ2) is 9.29. The molecule has 0 saturated carbocycles. The van der Waals surface area contributed by atoms with Gasteiger partial charge in [0.1, 0.15) is 0 Å². The molecule has 2 N–H and O–H groups in total. The molecule has 0 fully saturated rings. The number of anilines is 1. The molecule has 30 heavy (non-hydrogen) atoms. The fourth-order valence-corrected chi connectivity index (χ4v) is 3.87. The number of nitrogens with one attached hydrogen (secondary N) is 2. The van der Waals surface area contributed by atoms with Crippen LogP contribution in [-0.2, 0) is 0 Å². The van der Waals surface area contributed by atoms with E-state index >= 15 is 0 Å². The van der Waals surface area contributed by atoms with Gasteiger partial charge >= 0.3 is 0 Å². The highest BCUT2D eigenvalue weighted by Crippen LogP contribution is 2.41. The van der Waals surface area contributed by atoms with Crippen molar-refractivity contribution in [1.82, 2.24) is 10.1 Å². The highest BCUT2D eigenvalue weighted by Gasteiger charge is 2.30. The smallest absolute Gasteiger partial charge is 0.184 e. The Labute approximate surface area is 180 Å². The van der Waals surface area contributed by atoms with Crippen LogP contribution >= 0.6 is 0 Å². The van der Waals surface area contributed by atoms with Crippen LogP contribution in [-0.4, -0.2) is 37.8 Å². The molecule has 2 atom stereocenters. The van der Waals surface area contributed by atoms with Crippen molar-refractivity contribution in [3.8, 4) is 0 Å². The van der Waals surface area contributed by atoms with Gasteiger partial charge in [-0.05, 0) is 25.1 Å². The van der Waals surface area contributed by atoms with E-state index in [0.717, 1.165) is 34.8 Å². The van der Waals surface area contributed by atoms with Crippen LogP contribution in [0.3, 0.4) is 0 Å². The average Bonchev–Trinajstić information content (AvgIpc) is 3.12. The minimum Gasteiger partial charge on any atom is -0.379 e. The Balaban J connectivity index is 1.74. The molecule has 2 radical (unpaired) electrons. The van der Waals surface area contributed by atoms with Crippen molar-refractivity contribution in [2.45, 2.75) is 25.9 Å². The van der Waals surface area contributed by atoms with Gasteiger partial charge in [-0.15, -0.1) is 0 Å². The maximum absolute atomic E-state index is 5.97. The largest absolute Gasteiger partial charge is 0.379 e. The van der Waals surface area contributed by atoms with Gasteiger partial charge < -0.3 is 10.1 Å². The minimum atomic E-state index is 0.185. The van der Waals surface area contributed by atoms with E-state index < -0.39 is 0 Å². The predicted octanol–water partition coefficient (Wildman–Crippen LogP) is 4.66. The van der Waals surface area contributed by atoms with E-state index in [9.17, 15) is 0 Å².